The summed E-state index contributed by atoms with van der Waals surface area (Å²) in [6.45, 7) is 1.88. The van der Waals surface area contributed by atoms with E-state index in [0.717, 1.165) is 6.42 Å². The Kier molecular flexibility index (Phi) is 4.89. The maximum atomic E-state index is 12.5. The number of ether oxygens (including phenoxy) is 2. The van der Waals surface area contributed by atoms with E-state index in [1.807, 2.05) is 0 Å². The van der Waals surface area contributed by atoms with Crippen molar-refractivity contribution in [1.29, 1.82) is 0 Å². The zero-order valence-corrected chi connectivity index (χ0v) is 13.9. The highest BCUT2D eigenvalue weighted by Crippen LogP contribution is 2.39. The van der Waals surface area contributed by atoms with E-state index in [1.54, 1.807) is 24.3 Å². The maximum Gasteiger partial charge on any atom is 0.255 e. The molecule has 1 aromatic rings. The molecule has 0 spiro atoms. The highest BCUT2D eigenvalue weighted by atomic mass is 16.5. The predicted octanol–water partition coefficient (Wildman–Crippen LogP) is -0.427. The number of rotatable bonds is 6. The molecule has 0 bridgehead atoms. The molecule has 1 saturated carbocycles. The lowest BCUT2D eigenvalue weighted by molar-refractivity contribution is -0.124. The number of primary amides is 1. The van der Waals surface area contributed by atoms with Gasteiger partial charge in [0.15, 0.2) is 6.61 Å². The van der Waals surface area contributed by atoms with Crippen molar-refractivity contribution in [2.75, 3.05) is 13.2 Å². The fourth-order valence-corrected chi connectivity index (χ4v) is 3.40. The number of amides is 3. The summed E-state index contributed by atoms with van der Waals surface area (Å²) in [5.74, 6) is -0.260. The van der Waals surface area contributed by atoms with Gasteiger partial charge >= 0.3 is 0 Å². The van der Waals surface area contributed by atoms with E-state index in [4.69, 9.17) is 15.2 Å². The van der Waals surface area contributed by atoms with Gasteiger partial charge in [0.1, 0.15) is 5.75 Å². The molecule has 4 N–H and O–H groups in total. The zero-order valence-electron chi connectivity index (χ0n) is 13.9. The molecule has 8 nitrogen and oxygen atoms in total. The molecule has 1 saturated heterocycles. The first-order valence-electron chi connectivity index (χ1n) is 8.16. The molecule has 134 valence electrons. The standard InChI is InChI=1S/C17H21N3O5/c1-9(21)19-15-14(12-6-7-24-16(12)15)20-17(23)10-2-4-11(5-3-10)25-8-13(18)22/h2-5,12,14-16H,6-8H2,1H3,(H2,18,22)(H,19,21)(H,20,23)/t12-,14+,15-,16-/m1/s1. The first-order valence-corrected chi connectivity index (χ1v) is 8.16. The van der Waals surface area contributed by atoms with Crippen molar-refractivity contribution in [3.05, 3.63) is 29.8 Å². The second-order valence-electron chi connectivity index (χ2n) is 6.29. The zero-order chi connectivity index (χ0) is 18.0. The van der Waals surface area contributed by atoms with E-state index < -0.39 is 5.91 Å². The number of benzene rings is 1. The number of fused-ring (bicyclic) bond motifs is 1. The summed E-state index contributed by atoms with van der Waals surface area (Å²) in [5.41, 5.74) is 5.48. The summed E-state index contributed by atoms with van der Waals surface area (Å²) in [6, 6.07) is 6.08. The Hall–Kier alpha value is -2.61. The Balaban J connectivity index is 1.61. The molecule has 25 heavy (non-hydrogen) atoms. The normalized spacial score (nSPS) is 26.9. The van der Waals surface area contributed by atoms with Crippen LogP contribution < -0.4 is 21.1 Å². The Morgan fingerprint density at radius 2 is 1.92 bits per heavy atom. The van der Waals surface area contributed by atoms with Crippen LogP contribution in [-0.4, -0.2) is 49.1 Å². The molecule has 1 aliphatic heterocycles. The Morgan fingerprint density at radius 1 is 1.20 bits per heavy atom. The van der Waals surface area contributed by atoms with Gasteiger partial charge < -0.3 is 25.8 Å². The molecule has 1 aliphatic carbocycles. The van der Waals surface area contributed by atoms with Crippen molar-refractivity contribution < 1.29 is 23.9 Å². The fraction of sp³-hybridized carbons (Fsp3) is 0.471. The van der Waals surface area contributed by atoms with Crippen molar-refractivity contribution in [2.24, 2.45) is 11.7 Å². The van der Waals surface area contributed by atoms with Crippen LogP contribution in [0.4, 0.5) is 0 Å². The van der Waals surface area contributed by atoms with Crippen LogP contribution in [0, 0.1) is 5.92 Å². The molecule has 1 aromatic carbocycles. The van der Waals surface area contributed by atoms with E-state index >= 15 is 0 Å². The first kappa shape index (κ1) is 17.2. The summed E-state index contributed by atoms with van der Waals surface area (Å²) in [7, 11) is 0. The van der Waals surface area contributed by atoms with Crippen molar-refractivity contribution in [3.63, 3.8) is 0 Å². The third kappa shape index (κ3) is 3.74. The van der Waals surface area contributed by atoms with Crippen LogP contribution in [0.5, 0.6) is 5.75 Å². The van der Waals surface area contributed by atoms with Crippen LogP contribution >= 0.6 is 0 Å². The minimum Gasteiger partial charge on any atom is -0.484 e. The third-order valence-corrected chi connectivity index (χ3v) is 4.55. The van der Waals surface area contributed by atoms with Gasteiger partial charge in [-0.2, -0.15) is 0 Å². The van der Waals surface area contributed by atoms with Gasteiger partial charge in [-0.05, 0) is 30.7 Å². The van der Waals surface area contributed by atoms with Crippen molar-refractivity contribution in [2.45, 2.75) is 31.5 Å². The van der Waals surface area contributed by atoms with E-state index in [2.05, 4.69) is 10.6 Å². The molecule has 0 aromatic heterocycles. The summed E-state index contributed by atoms with van der Waals surface area (Å²) < 4.78 is 10.8. The molecule has 0 radical (unpaired) electrons. The average molecular weight is 347 g/mol. The SMILES string of the molecule is CC(=O)N[C@@H]1[C@@H](NC(=O)c2ccc(OCC(N)=O)cc2)[C@H]2CCO[C@H]21. The number of nitrogens with one attached hydrogen (secondary N) is 2. The van der Waals surface area contributed by atoms with Crippen molar-refractivity contribution >= 4 is 17.7 Å². The third-order valence-electron chi connectivity index (χ3n) is 4.55. The summed E-state index contributed by atoms with van der Waals surface area (Å²) in [5, 5.41) is 5.83. The molecule has 3 rings (SSSR count). The molecule has 2 aliphatic rings. The molecule has 8 heteroatoms. The monoisotopic (exact) mass is 347 g/mol. The lowest BCUT2D eigenvalue weighted by Gasteiger charge is -2.47. The Morgan fingerprint density at radius 3 is 2.56 bits per heavy atom. The van der Waals surface area contributed by atoms with Gasteiger partial charge in [0.05, 0.1) is 18.2 Å². The molecule has 1 heterocycles. The van der Waals surface area contributed by atoms with Gasteiger partial charge in [-0.15, -0.1) is 0 Å². The Bertz CT molecular complexity index is 675. The van der Waals surface area contributed by atoms with Gasteiger partial charge in [0, 0.05) is 25.0 Å². The highest BCUT2D eigenvalue weighted by Gasteiger charge is 2.54. The molecule has 4 atom stereocenters. The first-order chi connectivity index (χ1) is 12.0. The quantitative estimate of drug-likeness (QED) is 0.645. The van der Waals surface area contributed by atoms with Gasteiger partial charge in [-0.25, -0.2) is 0 Å². The van der Waals surface area contributed by atoms with Gasteiger partial charge in [0.25, 0.3) is 11.8 Å². The van der Waals surface area contributed by atoms with Crippen LogP contribution in [0.2, 0.25) is 0 Å². The number of carbonyl (C=O) groups excluding carboxylic acids is 3. The van der Waals surface area contributed by atoms with Gasteiger partial charge in [-0.3, -0.25) is 14.4 Å². The van der Waals surface area contributed by atoms with Gasteiger partial charge in [-0.1, -0.05) is 0 Å². The lowest BCUT2D eigenvalue weighted by atomic mass is 9.71. The number of nitrogens with two attached hydrogens (primary N) is 1. The largest absolute Gasteiger partial charge is 0.484 e. The van der Waals surface area contributed by atoms with Crippen LogP contribution in [-0.2, 0) is 14.3 Å². The average Bonchev–Trinajstić information content (AvgIpc) is 3.00. The topological polar surface area (TPSA) is 120 Å². The minimum atomic E-state index is -0.566. The minimum absolute atomic E-state index is 0.0289. The lowest BCUT2D eigenvalue weighted by Crippen LogP contribution is -2.70. The second-order valence-corrected chi connectivity index (χ2v) is 6.29. The van der Waals surface area contributed by atoms with Crippen LogP contribution in [0.25, 0.3) is 0 Å². The molecular formula is C17H21N3O5. The number of hydrogen-bond acceptors (Lipinski definition) is 5. The van der Waals surface area contributed by atoms with Crippen LogP contribution in [0.1, 0.15) is 23.7 Å². The van der Waals surface area contributed by atoms with E-state index in [1.165, 1.54) is 6.92 Å². The predicted molar refractivity (Wildman–Crippen MR) is 87.8 cm³/mol. The van der Waals surface area contributed by atoms with Crippen LogP contribution in [0.15, 0.2) is 24.3 Å². The number of carbonyl (C=O) groups is 3. The molecule has 2 fully saturated rings. The summed E-state index contributed by atoms with van der Waals surface area (Å²) >= 11 is 0. The maximum absolute atomic E-state index is 12.5. The van der Waals surface area contributed by atoms with Crippen molar-refractivity contribution in [1.82, 2.24) is 10.6 Å². The van der Waals surface area contributed by atoms with E-state index in [0.29, 0.717) is 17.9 Å². The molecule has 3 amide bonds. The smallest absolute Gasteiger partial charge is 0.255 e. The fourth-order valence-electron chi connectivity index (χ4n) is 3.40. The van der Waals surface area contributed by atoms with Crippen molar-refractivity contribution in [3.8, 4) is 5.75 Å². The van der Waals surface area contributed by atoms with E-state index in [-0.39, 0.29) is 42.5 Å². The molecule has 0 unspecified atom stereocenters. The van der Waals surface area contributed by atoms with Gasteiger partial charge in [0.2, 0.25) is 5.91 Å². The summed E-state index contributed by atoms with van der Waals surface area (Å²) in [4.78, 5) is 34.5. The highest BCUT2D eigenvalue weighted by molar-refractivity contribution is 5.94. The molecular weight excluding hydrogens is 326 g/mol. The second kappa shape index (κ2) is 7.10. The Labute approximate surface area is 145 Å². The summed E-state index contributed by atoms with van der Waals surface area (Å²) in [6.07, 6.45) is 0.838. The number of hydrogen-bond donors (Lipinski definition) is 3. The van der Waals surface area contributed by atoms with E-state index in [9.17, 15) is 14.4 Å². The van der Waals surface area contributed by atoms with Crippen LogP contribution in [0.3, 0.4) is 0 Å².